The minimum Gasteiger partial charge on any atom is -0.486 e. The molecule has 7 heteroatoms. The number of ether oxygens (including phenoxy) is 1. The SMILES string of the molecule is O=C(Nc1nnc(COc2ccccc2)s1)c1ccc(Cl)cc1. The first kappa shape index (κ1) is 15.5. The van der Waals surface area contributed by atoms with Gasteiger partial charge in [0.25, 0.3) is 5.91 Å². The summed E-state index contributed by atoms with van der Waals surface area (Å²) in [7, 11) is 0. The van der Waals surface area contributed by atoms with Gasteiger partial charge in [-0.3, -0.25) is 10.1 Å². The highest BCUT2D eigenvalue weighted by Crippen LogP contribution is 2.19. The quantitative estimate of drug-likeness (QED) is 0.758. The van der Waals surface area contributed by atoms with Gasteiger partial charge in [-0.1, -0.05) is 41.1 Å². The number of aromatic nitrogens is 2. The predicted molar refractivity (Wildman–Crippen MR) is 90.1 cm³/mol. The molecule has 2 aromatic carbocycles. The number of nitrogens with one attached hydrogen (secondary N) is 1. The van der Waals surface area contributed by atoms with Crippen LogP contribution in [0.1, 0.15) is 15.4 Å². The maximum Gasteiger partial charge on any atom is 0.257 e. The zero-order valence-corrected chi connectivity index (χ0v) is 13.5. The van der Waals surface area contributed by atoms with Crippen LogP contribution in [0.2, 0.25) is 5.02 Å². The summed E-state index contributed by atoms with van der Waals surface area (Å²) in [6.07, 6.45) is 0. The topological polar surface area (TPSA) is 64.1 Å². The molecule has 23 heavy (non-hydrogen) atoms. The summed E-state index contributed by atoms with van der Waals surface area (Å²) in [6.45, 7) is 0.304. The molecule has 0 saturated carbocycles. The second-order valence-electron chi connectivity index (χ2n) is 4.56. The largest absolute Gasteiger partial charge is 0.486 e. The maximum absolute atomic E-state index is 12.1. The van der Waals surface area contributed by atoms with E-state index in [2.05, 4.69) is 15.5 Å². The van der Waals surface area contributed by atoms with Crippen molar-refractivity contribution < 1.29 is 9.53 Å². The summed E-state index contributed by atoms with van der Waals surface area (Å²) in [5.41, 5.74) is 0.506. The Hall–Kier alpha value is -2.44. The van der Waals surface area contributed by atoms with Crippen molar-refractivity contribution in [3.05, 3.63) is 70.2 Å². The second kappa shape index (κ2) is 7.21. The van der Waals surface area contributed by atoms with E-state index in [-0.39, 0.29) is 5.91 Å². The van der Waals surface area contributed by atoms with Crippen LogP contribution in [-0.2, 0) is 6.61 Å². The number of nitrogens with zero attached hydrogens (tertiary/aromatic N) is 2. The van der Waals surface area contributed by atoms with E-state index in [9.17, 15) is 4.79 Å². The Labute approximate surface area is 141 Å². The fourth-order valence-electron chi connectivity index (χ4n) is 1.79. The monoisotopic (exact) mass is 345 g/mol. The highest BCUT2D eigenvalue weighted by molar-refractivity contribution is 7.15. The predicted octanol–water partition coefficient (Wildman–Crippen LogP) is 4.02. The van der Waals surface area contributed by atoms with Crippen molar-refractivity contribution in [2.75, 3.05) is 5.32 Å². The van der Waals surface area contributed by atoms with Crippen molar-refractivity contribution in [2.24, 2.45) is 0 Å². The Morgan fingerprint density at radius 2 is 1.83 bits per heavy atom. The fourth-order valence-corrected chi connectivity index (χ4v) is 2.57. The maximum atomic E-state index is 12.1. The molecule has 116 valence electrons. The van der Waals surface area contributed by atoms with Crippen molar-refractivity contribution in [3.8, 4) is 5.75 Å². The number of rotatable bonds is 5. The van der Waals surface area contributed by atoms with Gasteiger partial charge in [0.15, 0.2) is 5.01 Å². The van der Waals surface area contributed by atoms with Crippen LogP contribution in [0.5, 0.6) is 5.75 Å². The van der Waals surface area contributed by atoms with Gasteiger partial charge in [-0.15, -0.1) is 10.2 Å². The number of para-hydroxylation sites is 1. The van der Waals surface area contributed by atoms with Gasteiger partial charge >= 0.3 is 0 Å². The molecule has 1 aromatic heterocycles. The van der Waals surface area contributed by atoms with Crippen molar-refractivity contribution >= 4 is 34.0 Å². The summed E-state index contributed by atoms with van der Waals surface area (Å²) in [5.74, 6) is 0.503. The molecule has 1 heterocycles. The lowest BCUT2D eigenvalue weighted by Crippen LogP contribution is -2.11. The molecule has 1 N–H and O–H groups in total. The third kappa shape index (κ3) is 4.28. The van der Waals surface area contributed by atoms with Crippen LogP contribution < -0.4 is 10.1 Å². The molecule has 0 spiro atoms. The van der Waals surface area contributed by atoms with Gasteiger partial charge in [0.05, 0.1) is 0 Å². The van der Waals surface area contributed by atoms with Crippen LogP contribution in [0.15, 0.2) is 54.6 Å². The number of carbonyl (C=O) groups is 1. The summed E-state index contributed by atoms with van der Waals surface area (Å²) in [6, 6.07) is 16.1. The Morgan fingerprint density at radius 1 is 1.09 bits per heavy atom. The number of carbonyl (C=O) groups excluding carboxylic acids is 1. The highest BCUT2D eigenvalue weighted by atomic mass is 35.5. The fraction of sp³-hybridized carbons (Fsp3) is 0.0625. The molecule has 0 aliphatic rings. The van der Waals surface area contributed by atoms with Gasteiger partial charge in [-0.2, -0.15) is 0 Å². The lowest BCUT2D eigenvalue weighted by atomic mass is 10.2. The number of benzene rings is 2. The third-order valence-electron chi connectivity index (χ3n) is 2.90. The molecular formula is C16H12ClN3O2S. The van der Waals surface area contributed by atoms with E-state index in [1.54, 1.807) is 24.3 Å². The number of amides is 1. The van der Waals surface area contributed by atoms with E-state index < -0.39 is 0 Å². The Morgan fingerprint density at radius 3 is 2.57 bits per heavy atom. The van der Waals surface area contributed by atoms with Gasteiger partial charge in [0.1, 0.15) is 12.4 Å². The lowest BCUT2D eigenvalue weighted by Gasteiger charge is -2.02. The third-order valence-corrected chi connectivity index (χ3v) is 3.96. The van der Waals surface area contributed by atoms with E-state index in [0.717, 1.165) is 5.75 Å². The molecule has 0 radical (unpaired) electrons. The number of anilines is 1. The smallest absolute Gasteiger partial charge is 0.257 e. The van der Waals surface area contributed by atoms with Crippen LogP contribution in [0, 0.1) is 0 Å². The molecule has 0 aliphatic heterocycles. The van der Waals surface area contributed by atoms with E-state index in [1.807, 2.05) is 30.3 Å². The van der Waals surface area contributed by atoms with Gasteiger partial charge in [0.2, 0.25) is 5.13 Å². The summed E-state index contributed by atoms with van der Waals surface area (Å²) < 4.78 is 5.59. The number of hydrogen-bond acceptors (Lipinski definition) is 5. The minimum absolute atomic E-state index is 0.256. The number of hydrogen-bond donors (Lipinski definition) is 1. The number of halogens is 1. The van der Waals surface area contributed by atoms with Crippen LogP contribution in [0.4, 0.5) is 5.13 Å². The minimum atomic E-state index is -0.256. The zero-order valence-electron chi connectivity index (χ0n) is 11.9. The molecule has 5 nitrogen and oxygen atoms in total. The summed E-state index contributed by atoms with van der Waals surface area (Å²) >= 11 is 7.07. The molecule has 1 amide bonds. The Bertz CT molecular complexity index is 791. The Balaban J connectivity index is 1.58. The van der Waals surface area contributed by atoms with Gasteiger partial charge in [-0.05, 0) is 36.4 Å². The molecule has 0 bridgehead atoms. The summed E-state index contributed by atoms with van der Waals surface area (Å²) in [4.78, 5) is 12.1. The van der Waals surface area contributed by atoms with Crippen molar-refractivity contribution in [1.29, 1.82) is 0 Å². The highest BCUT2D eigenvalue weighted by Gasteiger charge is 2.10. The molecule has 0 fully saturated rings. The average Bonchev–Trinajstić information content (AvgIpc) is 3.02. The first-order valence-electron chi connectivity index (χ1n) is 6.78. The molecule has 0 saturated heterocycles. The molecule has 0 atom stereocenters. The van der Waals surface area contributed by atoms with Crippen LogP contribution in [0.3, 0.4) is 0 Å². The van der Waals surface area contributed by atoms with Gasteiger partial charge in [0, 0.05) is 10.6 Å². The molecule has 3 aromatic rings. The molecule has 0 aliphatic carbocycles. The van der Waals surface area contributed by atoms with E-state index in [0.29, 0.717) is 27.3 Å². The van der Waals surface area contributed by atoms with Crippen molar-refractivity contribution in [2.45, 2.75) is 6.61 Å². The zero-order chi connectivity index (χ0) is 16.1. The van der Waals surface area contributed by atoms with Gasteiger partial charge in [-0.25, -0.2) is 0 Å². The first-order chi connectivity index (χ1) is 11.2. The van der Waals surface area contributed by atoms with Crippen molar-refractivity contribution in [1.82, 2.24) is 10.2 Å². The molecule has 0 unspecified atom stereocenters. The Kier molecular flexibility index (Phi) is 4.85. The van der Waals surface area contributed by atoms with Crippen LogP contribution in [-0.4, -0.2) is 16.1 Å². The lowest BCUT2D eigenvalue weighted by molar-refractivity contribution is 0.102. The second-order valence-corrected chi connectivity index (χ2v) is 6.06. The van der Waals surface area contributed by atoms with Crippen molar-refractivity contribution in [3.63, 3.8) is 0 Å². The molecular weight excluding hydrogens is 334 g/mol. The van der Waals surface area contributed by atoms with Crippen LogP contribution >= 0.6 is 22.9 Å². The standard InChI is InChI=1S/C16H12ClN3O2S/c17-12-8-6-11(7-9-12)15(21)18-16-20-19-14(23-16)10-22-13-4-2-1-3-5-13/h1-9H,10H2,(H,18,20,21). The molecule has 3 rings (SSSR count). The van der Waals surface area contributed by atoms with E-state index in [4.69, 9.17) is 16.3 Å². The van der Waals surface area contributed by atoms with E-state index >= 15 is 0 Å². The van der Waals surface area contributed by atoms with Crippen LogP contribution in [0.25, 0.3) is 0 Å². The first-order valence-corrected chi connectivity index (χ1v) is 7.97. The average molecular weight is 346 g/mol. The van der Waals surface area contributed by atoms with Gasteiger partial charge < -0.3 is 4.74 Å². The normalized spacial score (nSPS) is 10.3. The van der Waals surface area contributed by atoms with E-state index in [1.165, 1.54) is 11.3 Å². The summed E-state index contributed by atoms with van der Waals surface area (Å²) in [5, 5.41) is 12.3.